The quantitative estimate of drug-likeness (QED) is 0.588. The van der Waals surface area contributed by atoms with Gasteiger partial charge in [-0.2, -0.15) is 0 Å². The molecule has 0 bridgehead atoms. The van der Waals surface area contributed by atoms with Crippen molar-refractivity contribution in [1.82, 2.24) is 0 Å². The zero-order chi connectivity index (χ0) is 11.8. The van der Waals surface area contributed by atoms with Crippen molar-refractivity contribution in [2.75, 3.05) is 19.5 Å². The highest BCUT2D eigenvalue weighted by atomic mass is 32.2. The molecule has 0 aliphatic heterocycles. The summed E-state index contributed by atoms with van der Waals surface area (Å²) in [6.07, 6.45) is 2.12. The number of unbranched alkanes of at least 4 members (excludes halogenated alkanes) is 1. The molecule has 16 heavy (non-hydrogen) atoms. The van der Waals surface area contributed by atoms with Crippen LogP contribution >= 0.6 is 11.8 Å². The molecule has 1 N–H and O–H groups in total. The van der Waals surface area contributed by atoms with E-state index in [1.54, 1.807) is 37.1 Å². The average Bonchev–Trinajstić information content (AvgIpc) is 2.29. The topological polar surface area (TPSA) is 46.5 Å². The van der Waals surface area contributed by atoms with Crippen LogP contribution in [0, 0.1) is 0 Å². The summed E-state index contributed by atoms with van der Waals surface area (Å²) in [7, 11) is 1.70. The van der Waals surface area contributed by atoms with Crippen molar-refractivity contribution < 1.29 is 14.6 Å². The van der Waals surface area contributed by atoms with E-state index in [-0.39, 0.29) is 0 Å². The lowest BCUT2D eigenvalue weighted by Crippen LogP contribution is -1.95. The minimum atomic E-state index is -0.873. The summed E-state index contributed by atoms with van der Waals surface area (Å²) in [5.41, 5.74) is 0.349. The largest absolute Gasteiger partial charge is 0.478 e. The van der Waals surface area contributed by atoms with Crippen molar-refractivity contribution in [1.29, 1.82) is 0 Å². The number of ether oxygens (including phenoxy) is 1. The lowest BCUT2D eigenvalue weighted by Gasteiger charge is -2.02. The van der Waals surface area contributed by atoms with Gasteiger partial charge in [-0.25, -0.2) is 4.79 Å². The summed E-state index contributed by atoms with van der Waals surface area (Å²) in [6, 6.07) is 7.04. The number of carbonyl (C=O) groups is 1. The molecule has 1 rings (SSSR count). The zero-order valence-electron chi connectivity index (χ0n) is 9.31. The minimum absolute atomic E-state index is 0.349. The van der Waals surface area contributed by atoms with Crippen LogP contribution in [-0.2, 0) is 4.74 Å². The maximum absolute atomic E-state index is 10.7. The monoisotopic (exact) mass is 240 g/mol. The van der Waals surface area contributed by atoms with Gasteiger partial charge in [0.1, 0.15) is 0 Å². The average molecular weight is 240 g/mol. The van der Waals surface area contributed by atoms with Crippen LogP contribution < -0.4 is 0 Å². The molecule has 0 atom stereocenters. The Balaban J connectivity index is 2.36. The summed E-state index contributed by atoms with van der Waals surface area (Å²) >= 11 is 1.68. The van der Waals surface area contributed by atoms with Crippen LogP contribution in [0.2, 0.25) is 0 Å². The molecule has 0 heterocycles. The number of carboxylic acids is 1. The van der Waals surface area contributed by atoms with Crippen LogP contribution in [0.15, 0.2) is 29.2 Å². The molecule has 3 nitrogen and oxygen atoms in total. The van der Waals surface area contributed by atoms with Crippen molar-refractivity contribution in [3.05, 3.63) is 29.8 Å². The van der Waals surface area contributed by atoms with Crippen LogP contribution in [0.3, 0.4) is 0 Å². The Labute approximate surface area is 99.8 Å². The molecule has 0 aliphatic rings. The molecule has 0 fully saturated rings. The highest BCUT2D eigenvalue weighted by Gasteiger charge is 2.02. The predicted octanol–water partition coefficient (Wildman–Crippen LogP) is 2.90. The van der Waals surface area contributed by atoms with Gasteiger partial charge in [0.15, 0.2) is 0 Å². The third kappa shape index (κ3) is 4.68. The summed E-state index contributed by atoms with van der Waals surface area (Å²) in [4.78, 5) is 11.8. The normalized spacial score (nSPS) is 10.3. The fraction of sp³-hybridized carbons (Fsp3) is 0.417. The molecule has 0 aromatic heterocycles. The maximum atomic E-state index is 10.7. The van der Waals surface area contributed by atoms with E-state index in [1.165, 1.54) is 0 Å². The molecule has 0 saturated heterocycles. The first kappa shape index (κ1) is 13.1. The van der Waals surface area contributed by atoms with Crippen molar-refractivity contribution >= 4 is 17.7 Å². The summed E-state index contributed by atoms with van der Waals surface area (Å²) in [5, 5.41) is 8.83. The standard InChI is InChI=1S/C12H16O3S/c1-15-7-2-3-8-16-11-6-4-5-10(9-11)12(13)14/h4-6,9H,2-3,7-8H2,1H3,(H,13,14). The molecule has 0 aliphatic carbocycles. The molecule has 1 aromatic rings. The highest BCUT2D eigenvalue weighted by Crippen LogP contribution is 2.20. The van der Waals surface area contributed by atoms with Crippen molar-refractivity contribution in [3.8, 4) is 0 Å². The molecule has 0 radical (unpaired) electrons. The van der Waals surface area contributed by atoms with E-state index in [4.69, 9.17) is 9.84 Å². The Morgan fingerprint density at radius 3 is 2.94 bits per heavy atom. The number of methoxy groups -OCH3 is 1. The van der Waals surface area contributed by atoms with E-state index in [2.05, 4.69) is 0 Å². The molecular weight excluding hydrogens is 224 g/mol. The molecule has 4 heteroatoms. The highest BCUT2D eigenvalue weighted by molar-refractivity contribution is 7.99. The van der Waals surface area contributed by atoms with Gasteiger partial charge in [0.2, 0.25) is 0 Å². The summed E-state index contributed by atoms with van der Waals surface area (Å²) in [5.74, 6) is 0.119. The third-order valence-corrected chi connectivity index (χ3v) is 3.17. The van der Waals surface area contributed by atoms with E-state index in [9.17, 15) is 4.79 Å². The van der Waals surface area contributed by atoms with Gasteiger partial charge in [0, 0.05) is 18.6 Å². The molecule has 1 aromatic carbocycles. The van der Waals surface area contributed by atoms with Crippen LogP contribution in [-0.4, -0.2) is 30.5 Å². The molecule has 0 saturated carbocycles. The van der Waals surface area contributed by atoms with E-state index in [0.717, 1.165) is 30.1 Å². The van der Waals surface area contributed by atoms with Gasteiger partial charge in [-0.05, 0) is 36.8 Å². The lowest BCUT2D eigenvalue weighted by atomic mass is 10.2. The zero-order valence-corrected chi connectivity index (χ0v) is 10.1. The van der Waals surface area contributed by atoms with Crippen LogP contribution in [0.25, 0.3) is 0 Å². The smallest absolute Gasteiger partial charge is 0.335 e. The number of carboxylic acid groups (broad SMARTS) is 1. The van der Waals surface area contributed by atoms with Gasteiger partial charge in [0.25, 0.3) is 0 Å². The second kappa shape index (κ2) is 7.30. The van der Waals surface area contributed by atoms with E-state index < -0.39 is 5.97 Å². The second-order valence-electron chi connectivity index (χ2n) is 3.38. The van der Waals surface area contributed by atoms with Gasteiger partial charge in [0.05, 0.1) is 5.56 Å². The van der Waals surface area contributed by atoms with Crippen molar-refractivity contribution in [2.24, 2.45) is 0 Å². The Morgan fingerprint density at radius 1 is 1.44 bits per heavy atom. The Morgan fingerprint density at radius 2 is 2.25 bits per heavy atom. The molecule has 0 unspecified atom stereocenters. The first-order chi connectivity index (χ1) is 7.74. The van der Waals surface area contributed by atoms with Gasteiger partial charge in [-0.3, -0.25) is 0 Å². The SMILES string of the molecule is COCCCCSc1cccc(C(=O)O)c1. The molecule has 0 amide bonds. The lowest BCUT2D eigenvalue weighted by molar-refractivity contribution is 0.0696. The summed E-state index contributed by atoms with van der Waals surface area (Å²) < 4.78 is 4.96. The van der Waals surface area contributed by atoms with Gasteiger partial charge >= 0.3 is 5.97 Å². The second-order valence-corrected chi connectivity index (χ2v) is 4.55. The van der Waals surface area contributed by atoms with E-state index >= 15 is 0 Å². The van der Waals surface area contributed by atoms with Crippen molar-refractivity contribution in [3.63, 3.8) is 0 Å². The van der Waals surface area contributed by atoms with Crippen LogP contribution in [0.1, 0.15) is 23.2 Å². The Kier molecular flexibility index (Phi) is 5.96. The van der Waals surface area contributed by atoms with Crippen molar-refractivity contribution in [2.45, 2.75) is 17.7 Å². The molecule has 0 spiro atoms. The first-order valence-electron chi connectivity index (χ1n) is 5.19. The number of hydrogen-bond acceptors (Lipinski definition) is 3. The third-order valence-electron chi connectivity index (χ3n) is 2.09. The number of thioether (sulfide) groups is 1. The Hall–Kier alpha value is -1.00. The molecule has 88 valence electrons. The predicted molar refractivity (Wildman–Crippen MR) is 65.2 cm³/mol. The summed E-state index contributed by atoms with van der Waals surface area (Å²) in [6.45, 7) is 0.787. The molecular formula is C12H16O3S. The van der Waals surface area contributed by atoms with E-state index in [0.29, 0.717) is 5.56 Å². The number of rotatable bonds is 7. The van der Waals surface area contributed by atoms with Gasteiger partial charge < -0.3 is 9.84 Å². The number of benzene rings is 1. The van der Waals surface area contributed by atoms with Gasteiger partial charge in [-0.1, -0.05) is 6.07 Å². The fourth-order valence-electron chi connectivity index (χ4n) is 1.26. The fourth-order valence-corrected chi connectivity index (χ4v) is 2.23. The van der Waals surface area contributed by atoms with Crippen LogP contribution in [0.4, 0.5) is 0 Å². The van der Waals surface area contributed by atoms with Crippen LogP contribution in [0.5, 0.6) is 0 Å². The minimum Gasteiger partial charge on any atom is -0.478 e. The Bertz CT molecular complexity index is 339. The van der Waals surface area contributed by atoms with Gasteiger partial charge in [-0.15, -0.1) is 11.8 Å². The number of hydrogen-bond donors (Lipinski definition) is 1. The first-order valence-corrected chi connectivity index (χ1v) is 6.17. The van der Waals surface area contributed by atoms with E-state index in [1.807, 2.05) is 6.07 Å². The number of aromatic carboxylic acids is 1. The maximum Gasteiger partial charge on any atom is 0.335 e.